The molecule has 0 unspecified atom stereocenters. The molecule has 1 N–H and O–H groups in total. The van der Waals surface area contributed by atoms with Crippen molar-refractivity contribution in [3.8, 4) is 5.75 Å². The quantitative estimate of drug-likeness (QED) is 0.629. The molecule has 21 heavy (non-hydrogen) atoms. The third kappa shape index (κ3) is 5.69. The maximum absolute atomic E-state index is 11.6. The Labute approximate surface area is 136 Å². The average Bonchev–Trinajstić information content (AvgIpc) is 2.87. The first-order valence-electron chi connectivity index (χ1n) is 6.40. The highest BCUT2D eigenvalue weighted by atomic mass is 79.9. The summed E-state index contributed by atoms with van der Waals surface area (Å²) in [5.41, 5.74) is 0.804. The molecular weight excluding hydrogens is 352 g/mol. The molecule has 1 aromatic carbocycles. The molecule has 110 valence electrons. The van der Waals surface area contributed by atoms with E-state index >= 15 is 0 Å². The van der Waals surface area contributed by atoms with Crippen LogP contribution in [0.1, 0.15) is 10.7 Å². The van der Waals surface area contributed by atoms with Crippen LogP contribution in [0, 0.1) is 6.92 Å². The van der Waals surface area contributed by atoms with Gasteiger partial charge in [-0.2, -0.15) is 0 Å². The first-order valence-corrected chi connectivity index (χ1v) is 8.07. The van der Waals surface area contributed by atoms with Gasteiger partial charge >= 0.3 is 0 Å². The SMILES string of the molecule is Cc1nc(/C=C/C(=O)NCCOc2cccc(Br)c2)cs1. The zero-order valence-electron chi connectivity index (χ0n) is 11.5. The molecule has 0 bridgehead atoms. The third-order valence-electron chi connectivity index (χ3n) is 2.51. The van der Waals surface area contributed by atoms with Gasteiger partial charge in [0.1, 0.15) is 12.4 Å². The number of amides is 1. The molecule has 1 aromatic heterocycles. The number of halogens is 1. The highest BCUT2D eigenvalue weighted by Crippen LogP contribution is 2.17. The molecule has 0 spiro atoms. The molecule has 0 saturated carbocycles. The number of aryl methyl sites for hydroxylation is 1. The summed E-state index contributed by atoms with van der Waals surface area (Å²) < 4.78 is 6.49. The lowest BCUT2D eigenvalue weighted by Gasteiger charge is -2.06. The fraction of sp³-hybridized carbons (Fsp3) is 0.200. The van der Waals surface area contributed by atoms with Gasteiger partial charge in [0, 0.05) is 15.9 Å². The molecule has 6 heteroatoms. The summed E-state index contributed by atoms with van der Waals surface area (Å²) in [6.45, 7) is 2.80. The molecule has 1 amide bonds. The number of nitrogens with zero attached hydrogens (tertiary/aromatic N) is 1. The maximum atomic E-state index is 11.6. The Morgan fingerprint density at radius 3 is 3.10 bits per heavy atom. The summed E-state index contributed by atoms with van der Waals surface area (Å²) in [6.07, 6.45) is 3.18. The van der Waals surface area contributed by atoms with Crippen LogP contribution in [0.5, 0.6) is 5.75 Å². The highest BCUT2D eigenvalue weighted by molar-refractivity contribution is 9.10. The minimum absolute atomic E-state index is 0.154. The van der Waals surface area contributed by atoms with Gasteiger partial charge in [-0.1, -0.05) is 22.0 Å². The molecule has 0 radical (unpaired) electrons. The molecule has 0 atom stereocenters. The Hall–Kier alpha value is -1.66. The van der Waals surface area contributed by atoms with Gasteiger partial charge in [-0.3, -0.25) is 4.79 Å². The van der Waals surface area contributed by atoms with Crippen LogP contribution in [-0.2, 0) is 4.79 Å². The largest absolute Gasteiger partial charge is 0.492 e. The van der Waals surface area contributed by atoms with Crippen LogP contribution >= 0.6 is 27.3 Å². The molecule has 2 aromatic rings. The van der Waals surface area contributed by atoms with Crippen LogP contribution in [0.4, 0.5) is 0 Å². The number of thiazole rings is 1. The predicted octanol–water partition coefficient (Wildman–Crippen LogP) is 3.42. The molecule has 2 rings (SSSR count). The maximum Gasteiger partial charge on any atom is 0.244 e. The third-order valence-corrected chi connectivity index (χ3v) is 3.79. The van der Waals surface area contributed by atoms with Crippen LogP contribution in [0.25, 0.3) is 6.08 Å². The van der Waals surface area contributed by atoms with Gasteiger partial charge in [0.2, 0.25) is 5.91 Å². The fourth-order valence-electron chi connectivity index (χ4n) is 1.58. The summed E-state index contributed by atoms with van der Waals surface area (Å²) in [6, 6.07) is 7.58. The van der Waals surface area contributed by atoms with E-state index in [1.807, 2.05) is 36.6 Å². The van der Waals surface area contributed by atoms with Gasteiger partial charge in [0.05, 0.1) is 17.2 Å². The number of hydrogen-bond donors (Lipinski definition) is 1. The first-order chi connectivity index (χ1) is 10.1. The van der Waals surface area contributed by atoms with E-state index < -0.39 is 0 Å². The number of rotatable bonds is 6. The van der Waals surface area contributed by atoms with Crippen molar-refractivity contribution in [2.45, 2.75) is 6.92 Å². The Bertz CT molecular complexity index is 640. The summed E-state index contributed by atoms with van der Waals surface area (Å²) >= 11 is 4.93. The van der Waals surface area contributed by atoms with Gasteiger partial charge < -0.3 is 10.1 Å². The molecule has 0 fully saturated rings. The summed E-state index contributed by atoms with van der Waals surface area (Å²) in [4.78, 5) is 15.9. The fourth-order valence-corrected chi connectivity index (χ4v) is 2.54. The second-order valence-electron chi connectivity index (χ2n) is 4.22. The van der Waals surface area contributed by atoms with Crippen molar-refractivity contribution in [3.05, 3.63) is 50.9 Å². The van der Waals surface area contributed by atoms with Crippen LogP contribution in [0.3, 0.4) is 0 Å². The van der Waals surface area contributed by atoms with E-state index in [9.17, 15) is 4.79 Å². The van der Waals surface area contributed by atoms with Crippen LogP contribution in [0.2, 0.25) is 0 Å². The molecule has 0 aliphatic heterocycles. The van der Waals surface area contributed by atoms with Crippen molar-refractivity contribution in [2.75, 3.05) is 13.2 Å². The zero-order valence-corrected chi connectivity index (χ0v) is 13.9. The van der Waals surface area contributed by atoms with Gasteiger partial charge in [-0.25, -0.2) is 4.98 Å². The van der Waals surface area contributed by atoms with Crippen molar-refractivity contribution >= 4 is 39.2 Å². The zero-order chi connectivity index (χ0) is 15.1. The van der Waals surface area contributed by atoms with Gasteiger partial charge in [0.15, 0.2) is 0 Å². The van der Waals surface area contributed by atoms with Crippen molar-refractivity contribution < 1.29 is 9.53 Å². The second kappa shape index (κ2) is 7.95. The van der Waals surface area contributed by atoms with E-state index in [4.69, 9.17) is 4.74 Å². The minimum atomic E-state index is -0.154. The minimum Gasteiger partial charge on any atom is -0.492 e. The predicted molar refractivity (Wildman–Crippen MR) is 88.5 cm³/mol. The van der Waals surface area contributed by atoms with E-state index in [0.29, 0.717) is 13.2 Å². The van der Waals surface area contributed by atoms with E-state index in [1.165, 1.54) is 6.08 Å². The molecule has 0 aliphatic rings. The molecule has 0 saturated heterocycles. The van der Waals surface area contributed by atoms with Crippen LogP contribution in [0.15, 0.2) is 40.2 Å². The Kier molecular flexibility index (Phi) is 5.95. The van der Waals surface area contributed by atoms with Crippen molar-refractivity contribution in [1.82, 2.24) is 10.3 Å². The smallest absolute Gasteiger partial charge is 0.244 e. The number of carbonyl (C=O) groups is 1. The van der Waals surface area contributed by atoms with Crippen molar-refractivity contribution in [1.29, 1.82) is 0 Å². The normalized spacial score (nSPS) is 10.8. The van der Waals surface area contributed by atoms with E-state index in [2.05, 4.69) is 26.2 Å². The van der Waals surface area contributed by atoms with E-state index in [-0.39, 0.29) is 5.91 Å². The van der Waals surface area contributed by atoms with Crippen molar-refractivity contribution in [3.63, 3.8) is 0 Å². The summed E-state index contributed by atoms with van der Waals surface area (Å²) in [5, 5.41) is 5.65. The number of nitrogens with one attached hydrogen (secondary N) is 1. The Morgan fingerprint density at radius 1 is 1.52 bits per heavy atom. The first kappa shape index (κ1) is 15.7. The van der Waals surface area contributed by atoms with Gasteiger partial charge in [-0.15, -0.1) is 11.3 Å². The summed E-state index contributed by atoms with van der Waals surface area (Å²) in [5.74, 6) is 0.616. The number of carbonyl (C=O) groups excluding carboxylic acids is 1. The lowest BCUT2D eigenvalue weighted by molar-refractivity contribution is -0.116. The van der Waals surface area contributed by atoms with Crippen molar-refractivity contribution in [2.24, 2.45) is 0 Å². The lowest BCUT2D eigenvalue weighted by Crippen LogP contribution is -2.26. The topological polar surface area (TPSA) is 51.2 Å². The molecule has 4 nitrogen and oxygen atoms in total. The standard InChI is InChI=1S/C15H15BrN2O2S/c1-11-18-13(10-21-11)5-6-15(19)17-7-8-20-14-4-2-3-12(16)9-14/h2-6,9-10H,7-8H2,1H3,(H,17,19)/b6-5+. The number of benzene rings is 1. The highest BCUT2D eigenvalue weighted by Gasteiger charge is 1.98. The molecular formula is C15H15BrN2O2S. The van der Waals surface area contributed by atoms with Gasteiger partial charge in [-0.05, 0) is 31.2 Å². The molecule has 1 heterocycles. The van der Waals surface area contributed by atoms with Crippen LogP contribution < -0.4 is 10.1 Å². The average molecular weight is 367 g/mol. The number of hydrogen-bond acceptors (Lipinski definition) is 4. The Balaban J connectivity index is 1.68. The monoisotopic (exact) mass is 366 g/mol. The van der Waals surface area contributed by atoms with Gasteiger partial charge in [0.25, 0.3) is 0 Å². The Morgan fingerprint density at radius 2 is 2.38 bits per heavy atom. The summed E-state index contributed by atoms with van der Waals surface area (Å²) in [7, 11) is 0. The lowest BCUT2D eigenvalue weighted by atomic mass is 10.3. The molecule has 0 aliphatic carbocycles. The van der Waals surface area contributed by atoms with Crippen LogP contribution in [-0.4, -0.2) is 24.0 Å². The second-order valence-corrected chi connectivity index (χ2v) is 6.20. The number of aromatic nitrogens is 1. The number of ether oxygens (including phenoxy) is 1. The van der Waals surface area contributed by atoms with E-state index in [1.54, 1.807) is 17.4 Å². The van der Waals surface area contributed by atoms with E-state index in [0.717, 1.165) is 20.9 Å².